The molecule has 0 saturated heterocycles. The Hall–Kier alpha value is -1.38. The first-order chi connectivity index (χ1) is 7.48. The second-order valence-corrected chi connectivity index (χ2v) is 5.03. The molecule has 2 rings (SSSR count). The number of halogens is 1. The van der Waals surface area contributed by atoms with Crippen molar-refractivity contribution in [1.29, 1.82) is 0 Å². The zero-order chi connectivity index (χ0) is 11.8. The third-order valence-electron chi connectivity index (χ3n) is 2.56. The van der Waals surface area contributed by atoms with Gasteiger partial charge in [-0.3, -0.25) is 0 Å². The lowest BCUT2D eigenvalue weighted by Crippen LogP contribution is -2.20. The van der Waals surface area contributed by atoms with Crippen molar-refractivity contribution in [1.82, 2.24) is 0 Å². The third-order valence-corrected chi connectivity index (χ3v) is 2.56. The molecule has 1 aliphatic rings. The van der Waals surface area contributed by atoms with E-state index >= 15 is 0 Å². The van der Waals surface area contributed by atoms with Crippen molar-refractivity contribution in [2.24, 2.45) is 10.4 Å². The fourth-order valence-electron chi connectivity index (χ4n) is 1.69. The molecule has 1 aliphatic heterocycles. The second kappa shape index (κ2) is 3.89. The predicted molar refractivity (Wildman–Crippen MR) is 62.0 cm³/mol. The quantitative estimate of drug-likeness (QED) is 0.712. The van der Waals surface area contributed by atoms with E-state index in [4.69, 9.17) is 4.74 Å². The number of hydrogen-bond donors (Lipinski definition) is 0. The van der Waals surface area contributed by atoms with E-state index in [1.54, 1.807) is 12.1 Å². The van der Waals surface area contributed by atoms with Gasteiger partial charge in [0.1, 0.15) is 18.5 Å². The lowest BCUT2D eigenvalue weighted by molar-refractivity contribution is 0.282. The zero-order valence-electron chi connectivity index (χ0n) is 9.83. The Morgan fingerprint density at radius 2 is 2.00 bits per heavy atom. The van der Waals surface area contributed by atoms with Gasteiger partial charge in [-0.15, -0.1) is 0 Å². The SMILES string of the molecule is CC(C)(C)C1=NC(c2ccccc2F)CO1. The average Bonchev–Trinajstić information content (AvgIpc) is 2.66. The van der Waals surface area contributed by atoms with Crippen LogP contribution >= 0.6 is 0 Å². The minimum Gasteiger partial charge on any atom is -0.478 e. The van der Waals surface area contributed by atoms with Crippen LogP contribution in [0.4, 0.5) is 4.39 Å². The van der Waals surface area contributed by atoms with Crippen LogP contribution in [-0.4, -0.2) is 12.5 Å². The van der Waals surface area contributed by atoms with Gasteiger partial charge in [-0.1, -0.05) is 39.0 Å². The summed E-state index contributed by atoms with van der Waals surface area (Å²) >= 11 is 0. The van der Waals surface area contributed by atoms with Crippen LogP contribution in [0.25, 0.3) is 0 Å². The molecule has 0 saturated carbocycles. The third kappa shape index (κ3) is 2.08. The lowest BCUT2D eigenvalue weighted by atomic mass is 9.97. The number of hydrogen-bond acceptors (Lipinski definition) is 2. The van der Waals surface area contributed by atoms with Crippen molar-refractivity contribution in [3.05, 3.63) is 35.6 Å². The Morgan fingerprint density at radius 1 is 1.31 bits per heavy atom. The summed E-state index contributed by atoms with van der Waals surface area (Å²) in [5, 5.41) is 0. The molecule has 1 atom stereocenters. The molecule has 0 aliphatic carbocycles. The molecule has 16 heavy (non-hydrogen) atoms. The lowest BCUT2D eigenvalue weighted by Gasteiger charge is -2.16. The molecule has 1 unspecified atom stereocenters. The summed E-state index contributed by atoms with van der Waals surface area (Å²) < 4.78 is 19.1. The number of ether oxygens (including phenoxy) is 1. The largest absolute Gasteiger partial charge is 0.478 e. The molecule has 86 valence electrons. The van der Waals surface area contributed by atoms with Gasteiger partial charge >= 0.3 is 0 Å². The molecule has 0 amide bonds. The Labute approximate surface area is 95.2 Å². The van der Waals surface area contributed by atoms with Gasteiger partial charge in [0.05, 0.1) is 0 Å². The van der Waals surface area contributed by atoms with Crippen LogP contribution in [0, 0.1) is 11.2 Å². The predicted octanol–water partition coefficient (Wildman–Crippen LogP) is 3.34. The normalized spacial score (nSPS) is 20.5. The highest BCUT2D eigenvalue weighted by atomic mass is 19.1. The van der Waals surface area contributed by atoms with Gasteiger partial charge in [-0.25, -0.2) is 9.38 Å². The standard InChI is InChI=1S/C13H16FNO/c1-13(2,3)12-15-11(8-16-12)9-6-4-5-7-10(9)14/h4-7,11H,8H2,1-3H3. The van der Waals surface area contributed by atoms with Crippen LogP contribution in [0.1, 0.15) is 32.4 Å². The highest BCUT2D eigenvalue weighted by Gasteiger charge is 2.30. The van der Waals surface area contributed by atoms with E-state index in [9.17, 15) is 4.39 Å². The first kappa shape index (κ1) is 11.1. The van der Waals surface area contributed by atoms with Crippen molar-refractivity contribution in [3.63, 3.8) is 0 Å². The van der Waals surface area contributed by atoms with E-state index in [0.29, 0.717) is 18.1 Å². The Balaban J connectivity index is 2.27. The molecule has 1 heterocycles. The van der Waals surface area contributed by atoms with E-state index in [-0.39, 0.29) is 17.3 Å². The molecule has 0 N–H and O–H groups in total. The van der Waals surface area contributed by atoms with Crippen LogP contribution in [0.15, 0.2) is 29.3 Å². The highest BCUT2D eigenvalue weighted by Crippen LogP contribution is 2.30. The summed E-state index contributed by atoms with van der Waals surface area (Å²) in [7, 11) is 0. The van der Waals surface area contributed by atoms with E-state index < -0.39 is 0 Å². The molecule has 0 fully saturated rings. The smallest absolute Gasteiger partial charge is 0.189 e. The van der Waals surface area contributed by atoms with E-state index in [1.165, 1.54) is 6.07 Å². The number of benzene rings is 1. The molecule has 3 heteroatoms. The maximum atomic E-state index is 13.5. The molecule has 0 bridgehead atoms. The van der Waals surface area contributed by atoms with Gasteiger partial charge in [0.25, 0.3) is 0 Å². The average molecular weight is 221 g/mol. The first-order valence-electron chi connectivity index (χ1n) is 5.44. The van der Waals surface area contributed by atoms with Crippen LogP contribution < -0.4 is 0 Å². The minimum atomic E-state index is -0.213. The summed E-state index contributed by atoms with van der Waals surface area (Å²) in [6.45, 7) is 6.55. The summed E-state index contributed by atoms with van der Waals surface area (Å²) in [6, 6.07) is 6.53. The van der Waals surface area contributed by atoms with Gasteiger partial charge in [-0.2, -0.15) is 0 Å². The number of rotatable bonds is 1. The monoisotopic (exact) mass is 221 g/mol. The topological polar surface area (TPSA) is 21.6 Å². The van der Waals surface area contributed by atoms with Crippen LogP contribution in [0.3, 0.4) is 0 Å². The van der Waals surface area contributed by atoms with Gasteiger partial charge in [0.15, 0.2) is 5.90 Å². The molecule has 1 aromatic carbocycles. The zero-order valence-corrected chi connectivity index (χ0v) is 9.83. The summed E-state index contributed by atoms with van der Waals surface area (Å²) in [5.74, 6) is 0.496. The first-order valence-corrected chi connectivity index (χ1v) is 5.44. The van der Waals surface area contributed by atoms with Crippen molar-refractivity contribution in [3.8, 4) is 0 Å². The molecule has 2 nitrogen and oxygen atoms in total. The van der Waals surface area contributed by atoms with Crippen LogP contribution in [-0.2, 0) is 4.74 Å². The Kier molecular flexibility index (Phi) is 2.70. The summed E-state index contributed by atoms with van der Waals surface area (Å²) in [4.78, 5) is 4.44. The molecule has 0 aromatic heterocycles. The molecule has 1 aromatic rings. The minimum absolute atomic E-state index is 0.111. The highest BCUT2D eigenvalue weighted by molar-refractivity contribution is 5.83. The fraction of sp³-hybridized carbons (Fsp3) is 0.462. The molecule has 0 spiro atoms. The summed E-state index contributed by atoms with van der Waals surface area (Å²) in [5.41, 5.74) is 0.502. The van der Waals surface area contributed by atoms with Gasteiger partial charge in [0, 0.05) is 11.0 Å². The fourth-order valence-corrected chi connectivity index (χ4v) is 1.69. The molecular formula is C13H16FNO. The van der Waals surface area contributed by atoms with Crippen molar-refractivity contribution in [2.45, 2.75) is 26.8 Å². The summed E-state index contributed by atoms with van der Waals surface area (Å²) in [6.07, 6.45) is 0. The number of aliphatic imine (C=N–C) groups is 1. The molecular weight excluding hydrogens is 205 g/mol. The van der Waals surface area contributed by atoms with Gasteiger partial charge in [-0.05, 0) is 6.07 Å². The van der Waals surface area contributed by atoms with Crippen molar-refractivity contribution < 1.29 is 9.13 Å². The van der Waals surface area contributed by atoms with E-state index in [2.05, 4.69) is 4.99 Å². The molecule has 0 radical (unpaired) electrons. The second-order valence-electron chi connectivity index (χ2n) is 5.03. The van der Waals surface area contributed by atoms with E-state index in [0.717, 1.165) is 0 Å². The van der Waals surface area contributed by atoms with E-state index in [1.807, 2.05) is 26.8 Å². The maximum Gasteiger partial charge on any atom is 0.189 e. The maximum absolute atomic E-state index is 13.5. The van der Waals surface area contributed by atoms with Crippen LogP contribution in [0.2, 0.25) is 0 Å². The van der Waals surface area contributed by atoms with Crippen LogP contribution in [0.5, 0.6) is 0 Å². The van der Waals surface area contributed by atoms with Crippen molar-refractivity contribution >= 4 is 5.90 Å². The van der Waals surface area contributed by atoms with Gasteiger partial charge in [0.2, 0.25) is 0 Å². The Bertz CT molecular complexity index is 420. The Morgan fingerprint density at radius 3 is 2.56 bits per heavy atom. The number of nitrogens with zero attached hydrogens (tertiary/aromatic N) is 1. The van der Waals surface area contributed by atoms with Gasteiger partial charge < -0.3 is 4.74 Å². The van der Waals surface area contributed by atoms with Crippen molar-refractivity contribution in [2.75, 3.05) is 6.61 Å².